The van der Waals surface area contributed by atoms with Gasteiger partial charge in [-0.15, -0.1) is 11.3 Å². The van der Waals surface area contributed by atoms with Gasteiger partial charge in [0.25, 0.3) is 5.91 Å². The number of benzene rings is 1. The van der Waals surface area contributed by atoms with Gasteiger partial charge in [0.15, 0.2) is 0 Å². The Bertz CT molecular complexity index is 563. The molecule has 0 radical (unpaired) electrons. The van der Waals surface area contributed by atoms with E-state index in [1.807, 2.05) is 30.3 Å². The molecule has 0 spiro atoms. The summed E-state index contributed by atoms with van der Waals surface area (Å²) >= 11 is 1.70. The molecule has 0 bridgehead atoms. The highest BCUT2D eigenvalue weighted by atomic mass is 32.1. The second kappa shape index (κ2) is 6.50. The molecule has 3 N–H and O–H groups in total. The first-order valence-corrected chi connectivity index (χ1v) is 7.14. The largest absolute Gasteiger partial charge is 0.347 e. The zero-order chi connectivity index (χ0) is 13.7. The molecule has 2 aromatic rings. The van der Waals surface area contributed by atoms with E-state index in [2.05, 4.69) is 18.3 Å². The van der Waals surface area contributed by atoms with Crippen LogP contribution in [0.5, 0.6) is 0 Å². The number of hydrogen-bond donors (Lipinski definition) is 2. The van der Waals surface area contributed by atoms with Crippen LogP contribution in [-0.4, -0.2) is 12.5 Å². The van der Waals surface area contributed by atoms with Crippen molar-refractivity contribution in [2.45, 2.75) is 19.9 Å². The van der Waals surface area contributed by atoms with Crippen molar-refractivity contribution in [1.29, 1.82) is 0 Å². The van der Waals surface area contributed by atoms with Gasteiger partial charge in [-0.2, -0.15) is 0 Å². The lowest BCUT2D eigenvalue weighted by Gasteiger charge is -2.08. The van der Waals surface area contributed by atoms with Gasteiger partial charge in [-0.05, 0) is 43.7 Å². The van der Waals surface area contributed by atoms with Gasteiger partial charge in [0.2, 0.25) is 0 Å². The molecule has 3 nitrogen and oxygen atoms in total. The van der Waals surface area contributed by atoms with E-state index in [9.17, 15) is 4.79 Å². The van der Waals surface area contributed by atoms with Crippen molar-refractivity contribution in [2.75, 3.05) is 6.54 Å². The van der Waals surface area contributed by atoms with Crippen molar-refractivity contribution in [3.8, 4) is 0 Å². The van der Waals surface area contributed by atoms with E-state index in [0.717, 1.165) is 17.5 Å². The normalized spacial score (nSPS) is 10.4. The highest BCUT2D eigenvalue weighted by Gasteiger charge is 2.10. The van der Waals surface area contributed by atoms with Crippen LogP contribution in [0.3, 0.4) is 0 Å². The van der Waals surface area contributed by atoms with Crippen LogP contribution < -0.4 is 11.1 Å². The number of amides is 1. The summed E-state index contributed by atoms with van der Waals surface area (Å²) in [7, 11) is 0. The Hall–Kier alpha value is -1.65. The molecule has 2 rings (SSSR count). The predicted octanol–water partition coefficient (Wildman–Crippen LogP) is 2.49. The molecule has 0 aliphatic rings. The third-order valence-corrected chi connectivity index (χ3v) is 3.90. The van der Waals surface area contributed by atoms with E-state index < -0.39 is 0 Å². The monoisotopic (exact) mass is 274 g/mol. The molecule has 0 aliphatic carbocycles. The van der Waals surface area contributed by atoms with Crippen LogP contribution in [0.4, 0.5) is 0 Å². The first-order valence-electron chi connectivity index (χ1n) is 6.32. The fourth-order valence-electron chi connectivity index (χ4n) is 1.96. The van der Waals surface area contributed by atoms with Gasteiger partial charge in [0.05, 0.1) is 6.54 Å². The molecule has 0 aliphatic heterocycles. The summed E-state index contributed by atoms with van der Waals surface area (Å²) in [6.07, 6.45) is 0.724. The molecule has 4 heteroatoms. The molecule has 0 saturated heterocycles. The third kappa shape index (κ3) is 3.66. The maximum atomic E-state index is 12.2. The molecule has 0 fully saturated rings. The Labute approximate surface area is 117 Å². The van der Waals surface area contributed by atoms with Gasteiger partial charge in [0.1, 0.15) is 0 Å². The van der Waals surface area contributed by atoms with Gasteiger partial charge in [-0.25, -0.2) is 0 Å². The number of nitrogens with two attached hydrogens (primary N) is 1. The molecule has 1 amide bonds. The van der Waals surface area contributed by atoms with E-state index in [1.54, 1.807) is 11.3 Å². The molecule has 1 aromatic carbocycles. The molecular formula is C15H18N2OS. The van der Waals surface area contributed by atoms with Crippen molar-refractivity contribution in [2.24, 2.45) is 5.73 Å². The van der Waals surface area contributed by atoms with Crippen LogP contribution in [0.1, 0.15) is 25.7 Å². The van der Waals surface area contributed by atoms with Crippen LogP contribution in [0.2, 0.25) is 0 Å². The molecular weight excluding hydrogens is 256 g/mol. The maximum Gasteiger partial charge on any atom is 0.251 e. The van der Waals surface area contributed by atoms with Crippen LogP contribution in [0.15, 0.2) is 36.4 Å². The van der Waals surface area contributed by atoms with Crippen LogP contribution in [0, 0.1) is 6.92 Å². The average molecular weight is 274 g/mol. The first-order chi connectivity index (χ1) is 9.20. The number of rotatable bonds is 5. The minimum absolute atomic E-state index is 0.0323. The molecule has 0 unspecified atom stereocenters. The summed E-state index contributed by atoms with van der Waals surface area (Å²) in [4.78, 5) is 14.6. The average Bonchev–Trinajstić information content (AvgIpc) is 2.83. The van der Waals surface area contributed by atoms with E-state index in [1.165, 1.54) is 9.75 Å². The number of carbonyl (C=O) groups excluding carboxylic acids is 1. The molecule has 1 aromatic heterocycles. The molecule has 100 valence electrons. The Morgan fingerprint density at radius 3 is 2.74 bits per heavy atom. The number of carbonyl (C=O) groups is 1. The van der Waals surface area contributed by atoms with Crippen LogP contribution >= 0.6 is 11.3 Å². The third-order valence-electron chi connectivity index (χ3n) is 2.89. The Kier molecular flexibility index (Phi) is 4.71. The number of hydrogen-bond acceptors (Lipinski definition) is 3. The Balaban J connectivity index is 2.03. The Morgan fingerprint density at radius 1 is 1.26 bits per heavy atom. The fourth-order valence-corrected chi connectivity index (χ4v) is 2.79. The molecule has 1 heterocycles. The van der Waals surface area contributed by atoms with Gasteiger partial charge >= 0.3 is 0 Å². The summed E-state index contributed by atoms with van der Waals surface area (Å²) in [6.45, 7) is 3.19. The van der Waals surface area contributed by atoms with E-state index in [-0.39, 0.29) is 5.91 Å². The lowest BCUT2D eigenvalue weighted by molar-refractivity contribution is 0.0950. The van der Waals surface area contributed by atoms with E-state index >= 15 is 0 Å². The van der Waals surface area contributed by atoms with Gasteiger partial charge < -0.3 is 11.1 Å². The minimum atomic E-state index is -0.0323. The smallest absolute Gasteiger partial charge is 0.251 e. The van der Waals surface area contributed by atoms with Crippen molar-refractivity contribution in [1.82, 2.24) is 5.32 Å². The lowest BCUT2D eigenvalue weighted by Crippen LogP contribution is -2.24. The second-order valence-electron chi connectivity index (χ2n) is 4.39. The summed E-state index contributed by atoms with van der Waals surface area (Å²) in [5.41, 5.74) is 7.30. The standard InChI is InChI=1S/C15H18N2OS/c1-11-6-7-13(19-11)10-17-15(18)14-5-3-2-4-12(14)8-9-16/h2-7H,8-10,16H2,1H3,(H,17,18). The summed E-state index contributed by atoms with van der Waals surface area (Å²) < 4.78 is 0. The zero-order valence-electron chi connectivity index (χ0n) is 11.0. The highest BCUT2D eigenvalue weighted by Crippen LogP contribution is 2.15. The van der Waals surface area contributed by atoms with Crippen molar-refractivity contribution >= 4 is 17.2 Å². The van der Waals surface area contributed by atoms with Crippen molar-refractivity contribution in [3.63, 3.8) is 0 Å². The quantitative estimate of drug-likeness (QED) is 0.880. The van der Waals surface area contributed by atoms with E-state index in [0.29, 0.717) is 13.1 Å². The summed E-state index contributed by atoms with van der Waals surface area (Å²) in [5.74, 6) is -0.0323. The molecule has 19 heavy (non-hydrogen) atoms. The summed E-state index contributed by atoms with van der Waals surface area (Å²) in [6, 6.07) is 11.7. The van der Waals surface area contributed by atoms with E-state index in [4.69, 9.17) is 5.73 Å². The van der Waals surface area contributed by atoms with Crippen molar-refractivity contribution < 1.29 is 4.79 Å². The summed E-state index contributed by atoms with van der Waals surface area (Å²) in [5, 5.41) is 2.96. The van der Waals surface area contributed by atoms with Gasteiger partial charge in [0, 0.05) is 15.3 Å². The molecule has 0 saturated carbocycles. The lowest BCUT2D eigenvalue weighted by atomic mass is 10.0. The predicted molar refractivity (Wildman–Crippen MR) is 79.4 cm³/mol. The fraction of sp³-hybridized carbons (Fsp3) is 0.267. The first kappa shape index (κ1) is 13.8. The number of aryl methyl sites for hydroxylation is 1. The van der Waals surface area contributed by atoms with Crippen LogP contribution in [-0.2, 0) is 13.0 Å². The topological polar surface area (TPSA) is 55.1 Å². The van der Waals surface area contributed by atoms with Gasteiger partial charge in [-0.1, -0.05) is 18.2 Å². The van der Waals surface area contributed by atoms with Gasteiger partial charge in [-0.3, -0.25) is 4.79 Å². The maximum absolute atomic E-state index is 12.2. The van der Waals surface area contributed by atoms with Crippen molar-refractivity contribution in [3.05, 3.63) is 57.3 Å². The SMILES string of the molecule is Cc1ccc(CNC(=O)c2ccccc2CCN)s1. The number of nitrogens with one attached hydrogen (secondary N) is 1. The molecule has 0 atom stereocenters. The van der Waals surface area contributed by atoms with Crippen LogP contribution in [0.25, 0.3) is 0 Å². The number of thiophene rings is 1. The zero-order valence-corrected chi connectivity index (χ0v) is 11.8. The second-order valence-corrected chi connectivity index (χ2v) is 5.76. The Morgan fingerprint density at radius 2 is 2.05 bits per heavy atom. The highest BCUT2D eigenvalue weighted by molar-refractivity contribution is 7.11. The minimum Gasteiger partial charge on any atom is -0.347 e.